The summed E-state index contributed by atoms with van der Waals surface area (Å²) in [5.74, 6) is -0.0642. The Bertz CT molecular complexity index is 306. The number of hydrogen-bond acceptors (Lipinski definition) is 2. The van der Waals surface area contributed by atoms with E-state index in [0.717, 1.165) is 17.1 Å². The molecule has 0 aliphatic carbocycles. The van der Waals surface area contributed by atoms with E-state index in [-0.39, 0.29) is 5.91 Å². The zero-order valence-electron chi connectivity index (χ0n) is 8.42. The average molecular weight is 190 g/mol. The molecule has 0 radical (unpaired) electrons. The fourth-order valence-electron chi connectivity index (χ4n) is 1.09. The van der Waals surface area contributed by atoms with Crippen LogP contribution in [0.15, 0.2) is 36.5 Å². The molecule has 0 atom stereocenters. The van der Waals surface area contributed by atoms with Crippen molar-refractivity contribution in [2.45, 2.75) is 13.8 Å². The van der Waals surface area contributed by atoms with Crippen molar-refractivity contribution in [3.8, 4) is 0 Å². The van der Waals surface area contributed by atoms with Crippen LogP contribution >= 0.6 is 0 Å². The molecule has 0 heterocycles. The lowest BCUT2D eigenvalue weighted by Gasteiger charge is -2.06. The number of carbonyl (C=O) groups is 1. The van der Waals surface area contributed by atoms with Crippen LogP contribution in [-0.4, -0.2) is 5.91 Å². The third kappa shape index (κ3) is 3.31. The zero-order chi connectivity index (χ0) is 10.6. The Morgan fingerprint density at radius 1 is 1.07 bits per heavy atom. The number of hydrogen-bond donors (Lipinski definition) is 2. The average Bonchev–Trinajstić information content (AvgIpc) is 2.06. The molecule has 0 saturated carbocycles. The molecule has 1 aromatic carbocycles. The van der Waals surface area contributed by atoms with Crippen molar-refractivity contribution in [2.24, 2.45) is 0 Å². The normalized spacial score (nSPS) is 9.29. The summed E-state index contributed by atoms with van der Waals surface area (Å²) in [6.07, 6.45) is 0. The summed E-state index contributed by atoms with van der Waals surface area (Å²) in [5.41, 5.74) is 2.65. The van der Waals surface area contributed by atoms with Crippen molar-refractivity contribution in [3.05, 3.63) is 36.5 Å². The van der Waals surface area contributed by atoms with Gasteiger partial charge >= 0.3 is 0 Å². The smallest absolute Gasteiger partial charge is 0.221 e. The molecule has 0 aliphatic rings. The van der Waals surface area contributed by atoms with Crippen molar-refractivity contribution in [2.75, 3.05) is 10.6 Å². The maximum Gasteiger partial charge on any atom is 0.221 e. The van der Waals surface area contributed by atoms with E-state index in [1.807, 2.05) is 31.2 Å². The molecule has 1 aromatic rings. The van der Waals surface area contributed by atoms with E-state index in [9.17, 15) is 4.79 Å². The maximum absolute atomic E-state index is 10.7. The highest BCUT2D eigenvalue weighted by molar-refractivity contribution is 5.88. The predicted molar refractivity (Wildman–Crippen MR) is 59.2 cm³/mol. The Morgan fingerprint density at radius 2 is 1.50 bits per heavy atom. The van der Waals surface area contributed by atoms with E-state index < -0.39 is 0 Å². The minimum absolute atomic E-state index is 0.0642. The van der Waals surface area contributed by atoms with Gasteiger partial charge < -0.3 is 10.6 Å². The number of allylic oxidation sites excluding steroid dienone is 1. The summed E-state index contributed by atoms with van der Waals surface area (Å²) < 4.78 is 0. The monoisotopic (exact) mass is 190 g/mol. The van der Waals surface area contributed by atoms with Crippen LogP contribution < -0.4 is 10.6 Å². The van der Waals surface area contributed by atoms with Gasteiger partial charge in [0.25, 0.3) is 0 Å². The number of benzene rings is 1. The van der Waals surface area contributed by atoms with Gasteiger partial charge in [-0.2, -0.15) is 0 Å². The third-order valence-electron chi connectivity index (χ3n) is 1.56. The van der Waals surface area contributed by atoms with Crippen LogP contribution in [0.3, 0.4) is 0 Å². The van der Waals surface area contributed by atoms with Gasteiger partial charge in [0.1, 0.15) is 0 Å². The highest BCUT2D eigenvalue weighted by Gasteiger charge is 1.95. The van der Waals surface area contributed by atoms with Gasteiger partial charge in [-0.15, -0.1) is 0 Å². The minimum Gasteiger partial charge on any atom is -0.360 e. The van der Waals surface area contributed by atoms with Crippen molar-refractivity contribution in [1.82, 2.24) is 0 Å². The van der Waals surface area contributed by atoms with E-state index >= 15 is 0 Å². The highest BCUT2D eigenvalue weighted by atomic mass is 16.1. The molecule has 3 heteroatoms. The van der Waals surface area contributed by atoms with E-state index in [2.05, 4.69) is 17.2 Å². The van der Waals surface area contributed by atoms with E-state index in [1.54, 1.807) is 0 Å². The Morgan fingerprint density at radius 3 is 1.86 bits per heavy atom. The predicted octanol–water partition coefficient (Wildman–Crippen LogP) is 2.59. The molecule has 0 unspecified atom stereocenters. The molecule has 0 saturated heterocycles. The highest BCUT2D eigenvalue weighted by Crippen LogP contribution is 2.14. The van der Waals surface area contributed by atoms with E-state index in [1.165, 1.54) is 6.92 Å². The first-order valence-electron chi connectivity index (χ1n) is 4.38. The fraction of sp³-hybridized carbons (Fsp3) is 0.182. The van der Waals surface area contributed by atoms with Gasteiger partial charge in [-0.3, -0.25) is 4.79 Å². The number of amides is 1. The van der Waals surface area contributed by atoms with Gasteiger partial charge in [0, 0.05) is 24.0 Å². The van der Waals surface area contributed by atoms with Gasteiger partial charge in [0.2, 0.25) is 5.91 Å². The van der Waals surface area contributed by atoms with Crippen LogP contribution in [0.2, 0.25) is 0 Å². The van der Waals surface area contributed by atoms with Gasteiger partial charge in [-0.25, -0.2) is 0 Å². The van der Waals surface area contributed by atoms with Gasteiger partial charge in [0.15, 0.2) is 0 Å². The second-order valence-corrected chi connectivity index (χ2v) is 3.16. The summed E-state index contributed by atoms with van der Waals surface area (Å²) in [7, 11) is 0. The van der Waals surface area contributed by atoms with Crippen LogP contribution in [0.1, 0.15) is 13.8 Å². The van der Waals surface area contributed by atoms with Crippen molar-refractivity contribution >= 4 is 17.3 Å². The summed E-state index contributed by atoms with van der Waals surface area (Å²) in [6, 6.07) is 7.46. The summed E-state index contributed by atoms with van der Waals surface area (Å²) >= 11 is 0. The largest absolute Gasteiger partial charge is 0.360 e. The first kappa shape index (κ1) is 10.3. The summed E-state index contributed by atoms with van der Waals surface area (Å²) in [6.45, 7) is 7.12. The topological polar surface area (TPSA) is 41.1 Å². The first-order valence-corrected chi connectivity index (χ1v) is 4.38. The molecule has 74 valence electrons. The first-order chi connectivity index (χ1) is 6.58. The summed E-state index contributed by atoms with van der Waals surface area (Å²) in [5, 5.41) is 5.77. The quantitative estimate of drug-likeness (QED) is 0.769. The molecule has 0 fully saturated rings. The number of anilines is 2. The minimum atomic E-state index is -0.0642. The van der Waals surface area contributed by atoms with Gasteiger partial charge in [-0.1, -0.05) is 6.58 Å². The van der Waals surface area contributed by atoms with Crippen molar-refractivity contribution < 1.29 is 4.79 Å². The Labute approximate surface area is 83.8 Å². The molecule has 0 aromatic heterocycles. The number of nitrogens with one attached hydrogen (secondary N) is 2. The fourth-order valence-corrected chi connectivity index (χ4v) is 1.09. The Balaban J connectivity index is 2.68. The van der Waals surface area contributed by atoms with Crippen LogP contribution in [0, 0.1) is 0 Å². The molecule has 1 rings (SSSR count). The molecule has 14 heavy (non-hydrogen) atoms. The summed E-state index contributed by atoms with van der Waals surface area (Å²) in [4.78, 5) is 10.7. The molecule has 0 bridgehead atoms. The lowest BCUT2D eigenvalue weighted by atomic mass is 10.2. The molecule has 0 spiro atoms. The van der Waals surface area contributed by atoms with Crippen LogP contribution in [0.5, 0.6) is 0 Å². The maximum atomic E-state index is 10.7. The van der Waals surface area contributed by atoms with Crippen LogP contribution in [0.25, 0.3) is 0 Å². The lowest BCUT2D eigenvalue weighted by Crippen LogP contribution is -2.05. The standard InChI is InChI=1S/C11H14N2O/c1-8(2)12-10-4-6-11(7-5-10)13-9(3)14/h4-7,12H,1H2,2-3H3,(H,13,14). The van der Waals surface area contributed by atoms with Crippen molar-refractivity contribution in [1.29, 1.82) is 0 Å². The molecule has 2 N–H and O–H groups in total. The van der Waals surface area contributed by atoms with E-state index in [0.29, 0.717) is 0 Å². The Kier molecular flexibility index (Phi) is 3.29. The van der Waals surface area contributed by atoms with Crippen LogP contribution in [0.4, 0.5) is 11.4 Å². The van der Waals surface area contributed by atoms with Gasteiger partial charge in [0.05, 0.1) is 0 Å². The second kappa shape index (κ2) is 4.46. The lowest BCUT2D eigenvalue weighted by molar-refractivity contribution is -0.114. The third-order valence-corrected chi connectivity index (χ3v) is 1.56. The second-order valence-electron chi connectivity index (χ2n) is 3.16. The van der Waals surface area contributed by atoms with Crippen LogP contribution in [-0.2, 0) is 4.79 Å². The van der Waals surface area contributed by atoms with E-state index in [4.69, 9.17) is 0 Å². The SMILES string of the molecule is C=C(C)Nc1ccc(NC(C)=O)cc1. The van der Waals surface area contributed by atoms with Crippen molar-refractivity contribution in [3.63, 3.8) is 0 Å². The molecule has 0 aliphatic heterocycles. The number of rotatable bonds is 3. The molecule has 3 nitrogen and oxygen atoms in total. The molecular weight excluding hydrogens is 176 g/mol. The zero-order valence-corrected chi connectivity index (χ0v) is 8.42. The van der Waals surface area contributed by atoms with Gasteiger partial charge in [-0.05, 0) is 31.2 Å². The Hall–Kier alpha value is -1.77. The molecule has 1 amide bonds. The number of carbonyl (C=O) groups excluding carboxylic acids is 1. The molecular formula is C11H14N2O.